The van der Waals surface area contributed by atoms with Gasteiger partial charge in [-0.1, -0.05) is 298 Å². The van der Waals surface area contributed by atoms with E-state index in [1.54, 1.807) is 9.80 Å². The van der Waals surface area contributed by atoms with E-state index in [0.29, 0.717) is 81.1 Å². The number of carbonyl (C=O) groups is 6. The minimum atomic E-state index is -0.225. The molecule has 0 heterocycles. The average Bonchev–Trinajstić information content (AvgIpc) is 0.916. The lowest BCUT2D eigenvalue weighted by atomic mass is 10.1. The van der Waals surface area contributed by atoms with E-state index >= 15 is 0 Å². The fraction of sp³-hybridized carbons (Fsp3) is 0.851. The van der Waals surface area contributed by atoms with E-state index in [4.69, 9.17) is 24.1 Å². The zero-order chi connectivity index (χ0) is 82.1. The van der Waals surface area contributed by atoms with Gasteiger partial charge in [-0.15, -0.1) is 0 Å². The maximum Gasteiger partial charge on any atom is 0.305 e. The Bertz CT molecular complexity index is 2050. The van der Waals surface area contributed by atoms with E-state index in [-0.39, 0.29) is 105 Å². The lowest BCUT2D eigenvalue weighted by Crippen LogP contribution is -3.00. The summed E-state index contributed by atoms with van der Waals surface area (Å²) in [4.78, 5) is 80.8. The number of alkyl halides is 1. The Morgan fingerprint density at radius 2 is 0.500 bits per heavy atom. The molecule has 0 aliphatic rings. The highest BCUT2D eigenvalue weighted by atomic mass is 79.9. The number of aliphatic hydroxyl groups is 2. The number of amides is 2. The molecule has 112 heavy (non-hydrogen) atoms. The van der Waals surface area contributed by atoms with Crippen LogP contribution >= 0.6 is 15.9 Å². The molecule has 0 aromatic rings. The van der Waals surface area contributed by atoms with Gasteiger partial charge in [0, 0.05) is 44.0 Å². The van der Waals surface area contributed by atoms with Gasteiger partial charge in [-0.3, -0.25) is 28.8 Å². The third-order valence-corrected chi connectivity index (χ3v) is 20.6. The van der Waals surface area contributed by atoms with Gasteiger partial charge in [0.25, 0.3) is 0 Å². The molecule has 0 spiro atoms. The van der Waals surface area contributed by atoms with Crippen molar-refractivity contribution in [2.45, 2.75) is 400 Å². The highest BCUT2D eigenvalue weighted by Gasteiger charge is 2.22. The summed E-state index contributed by atoms with van der Waals surface area (Å²) in [6, 6.07) is 0. The summed E-state index contributed by atoms with van der Waals surface area (Å²) in [7, 11) is 7.85. The lowest BCUT2D eigenvalue weighted by Gasteiger charge is -2.30. The molecule has 18 heteroatoms. The first-order chi connectivity index (χ1) is 54.1. The van der Waals surface area contributed by atoms with Crippen LogP contribution in [0.25, 0.3) is 0 Å². The van der Waals surface area contributed by atoms with Crippen LogP contribution in [0.2, 0.25) is 0 Å². The number of hydrogen-bond acceptors (Lipinski definition) is 13. The SMILES string of the molecule is CCCCCCCC/C=C\CCCCCCCC(=O)OCCN(CCOC(=O)CCCCCCC/C=C\CCCCCCCC)C(=O)CCN(C)C.CCCCCCCC/C=C\CCCCCCCC(=O)OCCN(CCOC(=O)CCCCCCC/C=C\CCCCCCCC)C(=O)CC[N+](C)(C)CCO.OCCBr.[Br-]. The number of likely N-dealkylation sites (N-methyl/N-ethyl adjacent to an activating group) is 1. The van der Waals surface area contributed by atoms with E-state index in [0.717, 1.165) is 103 Å². The summed E-state index contributed by atoms with van der Waals surface area (Å²) in [5.41, 5.74) is 0. The maximum atomic E-state index is 13.2. The predicted molar refractivity (Wildman–Crippen MR) is 472 cm³/mol. The van der Waals surface area contributed by atoms with E-state index in [9.17, 15) is 33.9 Å². The molecule has 0 atom stereocenters. The number of nitrogens with zero attached hydrogens (tertiary/aromatic N) is 4. The first-order valence-electron chi connectivity index (χ1n) is 46.1. The third kappa shape index (κ3) is 93.7. The molecule has 0 rings (SSSR count). The predicted octanol–water partition coefficient (Wildman–Crippen LogP) is 20.7. The van der Waals surface area contributed by atoms with Crippen LogP contribution in [0.15, 0.2) is 48.6 Å². The fourth-order valence-electron chi connectivity index (χ4n) is 12.9. The molecule has 0 fully saturated rings. The Morgan fingerprint density at radius 1 is 0.295 bits per heavy atom. The standard InChI is InChI=1S/C47H89N2O6.C45H84N2O5.C2H5BrO.BrH/c1-5-7-9-11-13-15-17-19-21-23-25-27-29-31-33-35-46(52)54-43-38-48(45(51)37-40-49(3,4)41-42-50)39-44-55-47(53)36-34-32-30-28-26-24-22-20-18-16-14-12-10-8-6-2;1-5-7-9-11-13-15-17-19-21-23-25-27-29-31-33-35-44(49)51-41-39-47(43(48)37-38-46(3)4)40-42-52-45(50)36-34-32-30-28-26-24-22-20-18-16-14-12-10-8-6-2;3-1-2-4;/h19-22,50H,5-18,23-44H2,1-4H3;19-22H,5-18,23-42H2,1-4H3;4H,1-2H2;1H/q+1;;;/p-1/b2*21-19-,22-20-;;. The summed E-state index contributed by atoms with van der Waals surface area (Å²) in [6.07, 6.45) is 84.3. The molecule has 2 amide bonds. The Balaban J connectivity index is -0.000000986. The number of quaternary nitrogens is 1. The van der Waals surface area contributed by atoms with Gasteiger partial charge < -0.3 is 65.3 Å². The molecule has 0 saturated carbocycles. The van der Waals surface area contributed by atoms with Gasteiger partial charge in [-0.05, 0) is 143 Å². The van der Waals surface area contributed by atoms with Crippen LogP contribution in [0, 0.1) is 0 Å². The summed E-state index contributed by atoms with van der Waals surface area (Å²) in [5.74, 6) is -0.940. The molecule has 16 nitrogen and oxygen atoms in total. The highest BCUT2D eigenvalue weighted by molar-refractivity contribution is 9.09. The minimum absolute atomic E-state index is 0. The Morgan fingerprint density at radius 3 is 0.705 bits per heavy atom. The smallest absolute Gasteiger partial charge is 0.305 e. The van der Waals surface area contributed by atoms with E-state index in [1.807, 2.05) is 33.1 Å². The number of ether oxygens (including phenoxy) is 4. The van der Waals surface area contributed by atoms with Crippen LogP contribution < -0.4 is 17.0 Å². The summed E-state index contributed by atoms with van der Waals surface area (Å²) in [5, 5.41) is 17.9. The number of aliphatic hydroxyl groups excluding tert-OH is 2. The van der Waals surface area contributed by atoms with Crippen molar-refractivity contribution in [3.63, 3.8) is 0 Å². The number of esters is 4. The van der Waals surface area contributed by atoms with Crippen molar-refractivity contribution in [3.05, 3.63) is 48.6 Å². The average molecular weight is 1720 g/mol. The van der Waals surface area contributed by atoms with Crippen LogP contribution in [-0.4, -0.2) is 184 Å². The number of carbonyl (C=O) groups excluding carboxylic acids is 6. The van der Waals surface area contributed by atoms with E-state index in [2.05, 4.69) is 92.2 Å². The summed E-state index contributed by atoms with van der Waals surface area (Å²) < 4.78 is 22.5. The molecule has 0 saturated heterocycles. The van der Waals surface area contributed by atoms with E-state index in [1.165, 1.54) is 231 Å². The maximum absolute atomic E-state index is 13.2. The number of hydrogen-bond donors (Lipinski definition) is 2. The zero-order valence-electron chi connectivity index (χ0n) is 74.1. The second-order valence-electron chi connectivity index (χ2n) is 31.8. The Labute approximate surface area is 709 Å². The van der Waals surface area contributed by atoms with Gasteiger partial charge in [0.2, 0.25) is 11.8 Å². The van der Waals surface area contributed by atoms with E-state index < -0.39 is 0 Å². The van der Waals surface area contributed by atoms with Crippen molar-refractivity contribution >= 4 is 51.6 Å². The van der Waals surface area contributed by atoms with Crippen molar-refractivity contribution in [2.75, 3.05) is 119 Å². The summed E-state index contributed by atoms with van der Waals surface area (Å²) >= 11 is 3.00. The minimum Gasteiger partial charge on any atom is -1.00 e. The van der Waals surface area contributed by atoms with Gasteiger partial charge >= 0.3 is 23.9 Å². The molecular weight excluding hydrogens is 1540 g/mol. The van der Waals surface area contributed by atoms with Gasteiger partial charge in [-0.2, -0.15) is 0 Å². The van der Waals surface area contributed by atoms with Crippen LogP contribution in [0.3, 0.4) is 0 Å². The fourth-order valence-corrected chi connectivity index (χ4v) is 12.9. The van der Waals surface area contributed by atoms with Gasteiger partial charge in [-0.25, -0.2) is 0 Å². The Kier molecular flexibility index (Phi) is 97.2. The van der Waals surface area contributed by atoms with Crippen LogP contribution in [0.5, 0.6) is 0 Å². The second kappa shape index (κ2) is 94.7. The normalized spacial score (nSPS) is 11.5. The first kappa shape index (κ1) is 115. The number of allylic oxidation sites excluding steroid dienone is 8. The van der Waals surface area contributed by atoms with Crippen LogP contribution in [0.4, 0.5) is 0 Å². The van der Waals surface area contributed by atoms with Crippen LogP contribution in [-0.2, 0) is 47.7 Å². The quantitative estimate of drug-likeness (QED) is 0.0146. The van der Waals surface area contributed by atoms with Gasteiger partial charge in [0.05, 0.1) is 66.5 Å². The molecule has 0 aromatic carbocycles. The number of unbranched alkanes of at least 4 members (excludes halogenated alkanes) is 44. The molecule has 0 unspecified atom stereocenters. The molecular formula is C94H178Br2N4O12. The Hall–Kier alpha value is -3.42. The molecule has 660 valence electrons. The van der Waals surface area contributed by atoms with Crippen molar-refractivity contribution in [1.29, 1.82) is 0 Å². The monoisotopic (exact) mass is 1710 g/mol. The van der Waals surface area contributed by atoms with Crippen molar-refractivity contribution in [2.24, 2.45) is 0 Å². The number of rotatable bonds is 81. The summed E-state index contributed by atoms with van der Waals surface area (Å²) in [6.45, 7) is 12.9. The molecule has 0 aliphatic heterocycles. The molecule has 0 radical (unpaired) electrons. The van der Waals surface area contributed by atoms with Crippen molar-refractivity contribution in [3.8, 4) is 0 Å². The molecule has 0 bridgehead atoms. The second-order valence-corrected chi connectivity index (χ2v) is 32.6. The van der Waals surface area contributed by atoms with Crippen molar-refractivity contribution < 1.29 is 79.4 Å². The lowest BCUT2D eigenvalue weighted by molar-refractivity contribution is -0.890. The number of halogens is 2. The largest absolute Gasteiger partial charge is 1.00 e. The topological polar surface area (TPSA) is 190 Å². The van der Waals surface area contributed by atoms with Crippen LogP contribution in [0.1, 0.15) is 400 Å². The zero-order valence-corrected chi connectivity index (χ0v) is 77.2. The van der Waals surface area contributed by atoms with Gasteiger partial charge in [0.1, 0.15) is 33.0 Å². The van der Waals surface area contributed by atoms with Gasteiger partial charge in [0.15, 0.2) is 0 Å². The third-order valence-electron chi connectivity index (χ3n) is 20.3. The molecule has 0 aliphatic carbocycles. The highest BCUT2D eigenvalue weighted by Crippen LogP contribution is 2.17. The molecule has 2 N–H and O–H groups in total. The first-order valence-corrected chi connectivity index (χ1v) is 47.2. The van der Waals surface area contributed by atoms with Crippen molar-refractivity contribution in [1.82, 2.24) is 14.7 Å². The molecule has 0 aromatic heterocycles.